The fraction of sp³-hybridized carbons (Fsp3) is 0.157. The van der Waals surface area contributed by atoms with Gasteiger partial charge in [0.15, 0.2) is 17.5 Å². The SMILES string of the molecule is CC1(C)CCC(C)(C)c2cc(-c3ccc(-c4nc(-c5ccc(-c6ccccc6)cc5)nc(-c5ccc(-c6ccc7ccccc7c6)cc5)n4)cc3)ccc21. The summed E-state index contributed by atoms with van der Waals surface area (Å²) in [4.78, 5) is 15.2. The first-order valence-corrected chi connectivity index (χ1v) is 19.0. The fourth-order valence-electron chi connectivity index (χ4n) is 7.97. The van der Waals surface area contributed by atoms with E-state index < -0.39 is 0 Å². The summed E-state index contributed by atoms with van der Waals surface area (Å²) in [5.74, 6) is 1.95. The predicted octanol–water partition coefficient (Wildman–Crippen LogP) is 13.4. The van der Waals surface area contributed by atoms with Gasteiger partial charge in [0, 0.05) is 16.7 Å². The van der Waals surface area contributed by atoms with Crippen molar-refractivity contribution in [3.8, 4) is 67.5 Å². The van der Waals surface area contributed by atoms with E-state index in [2.05, 4.69) is 185 Å². The van der Waals surface area contributed by atoms with Gasteiger partial charge in [-0.2, -0.15) is 0 Å². The smallest absolute Gasteiger partial charge is 0.164 e. The maximum atomic E-state index is 5.08. The largest absolute Gasteiger partial charge is 0.208 e. The van der Waals surface area contributed by atoms with Crippen LogP contribution in [0.4, 0.5) is 0 Å². The molecule has 3 heteroatoms. The Morgan fingerprint density at radius 1 is 0.315 bits per heavy atom. The minimum Gasteiger partial charge on any atom is -0.208 e. The molecule has 7 aromatic carbocycles. The monoisotopic (exact) mass is 697 g/mol. The van der Waals surface area contributed by atoms with E-state index in [1.54, 1.807) is 0 Å². The van der Waals surface area contributed by atoms with Crippen molar-refractivity contribution in [2.24, 2.45) is 0 Å². The summed E-state index contributed by atoms with van der Waals surface area (Å²) in [6.07, 6.45) is 2.41. The van der Waals surface area contributed by atoms with Crippen LogP contribution in [0, 0.1) is 0 Å². The second kappa shape index (κ2) is 13.3. The number of rotatable bonds is 6. The van der Waals surface area contributed by atoms with E-state index in [9.17, 15) is 0 Å². The summed E-state index contributed by atoms with van der Waals surface area (Å²) in [6.45, 7) is 9.53. The second-order valence-electron chi connectivity index (χ2n) is 16.0. The molecule has 0 saturated heterocycles. The van der Waals surface area contributed by atoms with Crippen LogP contribution in [-0.2, 0) is 10.8 Å². The topological polar surface area (TPSA) is 38.7 Å². The van der Waals surface area contributed by atoms with Crippen LogP contribution in [0.15, 0.2) is 164 Å². The molecule has 0 saturated carbocycles. The summed E-state index contributed by atoms with van der Waals surface area (Å²) in [6, 6.07) is 58.4. The van der Waals surface area contributed by atoms with Gasteiger partial charge in [0.25, 0.3) is 0 Å². The summed E-state index contributed by atoms with van der Waals surface area (Å²) in [5.41, 5.74) is 13.3. The van der Waals surface area contributed by atoms with Crippen LogP contribution in [0.1, 0.15) is 51.7 Å². The van der Waals surface area contributed by atoms with Gasteiger partial charge in [0.1, 0.15) is 0 Å². The third-order valence-corrected chi connectivity index (χ3v) is 11.4. The Kier molecular flexibility index (Phi) is 8.31. The molecule has 0 amide bonds. The van der Waals surface area contributed by atoms with Gasteiger partial charge >= 0.3 is 0 Å². The van der Waals surface area contributed by atoms with Gasteiger partial charge in [0.05, 0.1) is 0 Å². The lowest BCUT2D eigenvalue weighted by atomic mass is 9.63. The lowest BCUT2D eigenvalue weighted by molar-refractivity contribution is 0.332. The Balaban J connectivity index is 1.08. The van der Waals surface area contributed by atoms with Gasteiger partial charge < -0.3 is 0 Å². The van der Waals surface area contributed by atoms with Gasteiger partial charge in [-0.15, -0.1) is 0 Å². The number of hydrogen-bond acceptors (Lipinski definition) is 3. The van der Waals surface area contributed by atoms with Crippen molar-refractivity contribution in [3.05, 3.63) is 175 Å². The van der Waals surface area contributed by atoms with Crippen molar-refractivity contribution >= 4 is 10.8 Å². The molecule has 262 valence electrons. The van der Waals surface area contributed by atoms with Crippen molar-refractivity contribution in [1.82, 2.24) is 15.0 Å². The molecule has 9 rings (SSSR count). The normalized spacial score (nSPS) is 14.4. The summed E-state index contributed by atoms with van der Waals surface area (Å²) < 4.78 is 0. The number of benzene rings is 7. The molecule has 0 bridgehead atoms. The van der Waals surface area contributed by atoms with Gasteiger partial charge in [-0.25, -0.2) is 15.0 Å². The zero-order chi connectivity index (χ0) is 36.9. The summed E-state index contributed by atoms with van der Waals surface area (Å²) >= 11 is 0. The van der Waals surface area contributed by atoms with E-state index in [0.29, 0.717) is 17.5 Å². The van der Waals surface area contributed by atoms with Crippen LogP contribution < -0.4 is 0 Å². The lowest BCUT2D eigenvalue weighted by Crippen LogP contribution is -2.33. The quantitative estimate of drug-likeness (QED) is 0.174. The van der Waals surface area contributed by atoms with Crippen LogP contribution in [-0.4, -0.2) is 15.0 Å². The van der Waals surface area contributed by atoms with Crippen LogP contribution in [0.25, 0.3) is 78.3 Å². The van der Waals surface area contributed by atoms with Crippen molar-refractivity contribution in [3.63, 3.8) is 0 Å². The maximum Gasteiger partial charge on any atom is 0.164 e. The molecular formula is C51H43N3. The van der Waals surface area contributed by atoms with E-state index in [-0.39, 0.29) is 10.8 Å². The number of aromatic nitrogens is 3. The minimum absolute atomic E-state index is 0.158. The van der Waals surface area contributed by atoms with E-state index >= 15 is 0 Å². The number of fused-ring (bicyclic) bond motifs is 2. The minimum atomic E-state index is 0.158. The van der Waals surface area contributed by atoms with Crippen LogP contribution in [0.2, 0.25) is 0 Å². The molecule has 1 aromatic heterocycles. The van der Waals surface area contributed by atoms with Crippen LogP contribution in [0.3, 0.4) is 0 Å². The molecule has 0 N–H and O–H groups in total. The van der Waals surface area contributed by atoms with Gasteiger partial charge in [-0.3, -0.25) is 0 Å². The predicted molar refractivity (Wildman–Crippen MR) is 225 cm³/mol. The Morgan fingerprint density at radius 3 is 1.22 bits per heavy atom. The number of hydrogen-bond donors (Lipinski definition) is 0. The molecule has 0 aliphatic heterocycles. The van der Waals surface area contributed by atoms with E-state index in [0.717, 1.165) is 27.8 Å². The lowest BCUT2D eigenvalue weighted by Gasteiger charge is -2.42. The highest BCUT2D eigenvalue weighted by molar-refractivity contribution is 5.87. The van der Waals surface area contributed by atoms with Gasteiger partial charge in [-0.05, 0) is 85.0 Å². The van der Waals surface area contributed by atoms with Crippen molar-refractivity contribution in [2.75, 3.05) is 0 Å². The molecule has 0 unspecified atom stereocenters. The first kappa shape index (κ1) is 33.6. The van der Waals surface area contributed by atoms with Gasteiger partial charge in [0.2, 0.25) is 0 Å². The summed E-state index contributed by atoms with van der Waals surface area (Å²) in [7, 11) is 0. The molecule has 0 radical (unpaired) electrons. The van der Waals surface area contributed by atoms with E-state index in [1.165, 1.54) is 57.0 Å². The molecule has 8 aromatic rings. The molecule has 3 nitrogen and oxygen atoms in total. The van der Waals surface area contributed by atoms with E-state index in [1.807, 2.05) is 6.07 Å². The molecule has 1 aliphatic carbocycles. The number of nitrogens with zero attached hydrogens (tertiary/aromatic N) is 3. The third-order valence-electron chi connectivity index (χ3n) is 11.4. The Labute approximate surface area is 318 Å². The maximum absolute atomic E-state index is 5.08. The first-order chi connectivity index (χ1) is 26.2. The standard InChI is InChI=1S/C51H43N3/c1-50(2)30-31-51(3,4)46-33-44(28-29-45(46)50)38-18-25-41(26-19-38)49-53-47(39-21-14-36(15-22-39)34-10-6-5-7-11-34)52-48(54-49)40-23-16-37(17-24-40)43-27-20-35-12-8-9-13-42(35)32-43/h5-29,32-33H,30-31H2,1-4H3. The molecular weight excluding hydrogens is 655 g/mol. The summed E-state index contributed by atoms with van der Waals surface area (Å²) in [5, 5.41) is 2.47. The highest BCUT2D eigenvalue weighted by Crippen LogP contribution is 2.47. The third kappa shape index (κ3) is 6.41. The van der Waals surface area contributed by atoms with Gasteiger partial charge in [-0.1, -0.05) is 185 Å². The molecule has 0 fully saturated rings. The highest BCUT2D eigenvalue weighted by atomic mass is 15.0. The van der Waals surface area contributed by atoms with Crippen molar-refractivity contribution in [2.45, 2.75) is 51.4 Å². The molecule has 1 heterocycles. The second-order valence-corrected chi connectivity index (χ2v) is 16.0. The molecule has 1 aliphatic rings. The Hall–Kier alpha value is -6.19. The van der Waals surface area contributed by atoms with E-state index in [4.69, 9.17) is 15.0 Å². The van der Waals surface area contributed by atoms with Crippen LogP contribution in [0.5, 0.6) is 0 Å². The first-order valence-electron chi connectivity index (χ1n) is 19.0. The zero-order valence-electron chi connectivity index (χ0n) is 31.3. The van der Waals surface area contributed by atoms with Crippen molar-refractivity contribution < 1.29 is 0 Å². The molecule has 0 atom stereocenters. The van der Waals surface area contributed by atoms with Crippen LogP contribution >= 0.6 is 0 Å². The zero-order valence-corrected chi connectivity index (χ0v) is 31.3. The molecule has 54 heavy (non-hydrogen) atoms. The Morgan fingerprint density at radius 2 is 0.685 bits per heavy atom. The van der Waals surface area contributed by atoms with Crippen molar-refractivity contribution in [1.29, 1.82) is 0 Å². The Bertz CT molecular complexity index is 2620. The fourth-order valence-corrected chi connectivity index (χ4v) is 7.97. The molecule has 0 spiro atoms. The average molecular weight is 698 g/mol. The highest BCUT2D eigenvalue weighted by Gasteiger charge is 2.37. The average Bonchev–Trinajstić information content (AvgIpc) is 3.22.